The van der Waals surface area contributed by atoms with Gasteiger partial charge in [0, 0.05) is 4.88 Å². The van der Waals surface area contributed by atoms with Gasteiger partial charge in [0.1, 0.15) is 6.10 Å². The Morgan fingerprint density at radius 3 is 3.00 bits per heavy atom. The first-order valence-corrected chi connectivity index (χ1v) is 6.93. The van der Waals surface area contributed by atoms with Crippen LogP contribution < -0.4 is 5.32 Å². The molecule has 2 unspecified atom stereocenters. The fourth-order valence-corrected chi connectivity index (χ4v) is 3.15. The van der Waals surface area contributed by atoms with Gasteiger partial charge in [0.05, 0.1) is 16.4 Å². The highest BCUT2D eigenvalue weighted by molar-refractivity contribution is 9.11. The summed E-state index contributed by atoms with van der Waals surface area (Å²) in [5.74, 6) is 0.00822. The van der Waals surface area contributed by atoms with Crippen LogP contribution in [0.15, 0.2) is 15.9 Å². The molecule has 0 bridgehead atoms. The molecular formula is C11H14BrNO2S. The van der Waals surface area contributed by atoms with Crippen molar-refractivity contribution in [3.63, 3.8) is 0 Å². The maximum Gasteiger partial charge on any atom is 0.249 e. The van der Waals surface area contributed by atoms with Crippen molar-refractivity contribution in [3.8, 4) is 0 Å². The van der Waals surface area contributed by atoms with Crippen LogP contribution in [0.25, 0.3) is 0 Å². The number of carbonyl (C=O) groups excluding carboxylic acids is 1. The van der Waals surface area contributed by atoms with Gasteiger partial charge in [-0.1, -0.05) is 0 Å². The monoisotopic (exact) mass is 303 g/mol. The highest BCUT2D eigenvalue weighted by Gasteiger charge is 2.27. The van der Waals surface area contributed by atoms with E-state index >= 15 is 0 Å². The number of thiophene rings is 1. The van der Waals surface area contributed by atoms with Crippen LogP contribution in [-0.2, 0) is 16.1 Å². The lowest BCUT2D eigenvalue weighted by Gasteiger charge is -2.10. The summed E-state index contributed by atoms with van der Waals surface area (Å²) in [6, 6.07) is 3.99. The Bertz CT molecular complexity index is 380. The van der Waals surface area contributed by atoms with Crippen molar-refractivity contribution in [3.05, 3.63) is 20.8 Å². The number of amides is 1. The van der Waals surface area contributed by atoms with E-state index < -0.39 is 0 Å². The Morgan fingerprint density at radius 2 is 2.44 bits per heavy atom. The van der Waals surface area contributed by atoms with E-state index in [1.807, 2.05) is 19.1 Å². The van der Waals surface area contributed by atoms with Crippen LogP contribution in [0.3, 0.4) is 0 Å². The Kier molecular flexibility index (Phi) is 4.00. The van der Waals surface area contributed by atoms with Crippen molar-refractivity contribution in [1.82, 2.24) is 5.32 Å². The van der Waals surface area contributed by atoms with E-state index in [-0.39, 0.29) is 18.1 Å². The summed E-state index contributed by atoms with van der Waals surface area (Å²) in [4.78, 5) is 12.9. The van der Waals surface area contributed by atoms with Gasteiger partial charge in [0.15, 0.2) is 0 Å². The first-order valence-electron chi connectivity index (χ1n) is 5.32. The van der Waals surface area contributed by atoms with Gasteiger partial charge in [-0.3, -0.25) is 4.79 Å². The molecule has 1 N–H and O–H groups in total. The van der Waals surface area contributed by atoms with Gasteiger partial charge in [-0.2, -0.15) is 0 Å². The molecule has 3 nitrogen and oxygen atoms in total. The molecule has 2 atom stereocenters. The van der Waals surface area contributed by atoms with Gasteiger partial charge < -0.3 is 10.1 Å². The average Bonchev–Trinajstić information content (AvgIpc) is 2.84. The van der Waals surface area contributed by atoms with Crippen molar-refractivity contribution in [2.45, 2.75) is 38.5 Å². The lowest BCUT2D eigenvalue weighted by Crippen LogP contribution is -2.33. The fraction of sp³-hybridized carbons (Fsp3) is 0.545. The summed E-state index contributed by atoms with van der Waals surface area (Å²) in [6.07, 6.45) is 1.77. The third kappa shape index (κ3) is 3.06. The molecule has 1 aliphatic rings. The van der Waals surface area contributed by atoms with Gasteiger partial charge in [0.2, 0.25) is 5.91 Å². The van der Waals surface area contributed by atoms with Crippen LogP contribution in [0, 0.1) is 0 Å². The van der Waals surface area contributed by atoms with Gasteiger partial charge >= 0.3 is 0 Å². The summed E-state index contributed by atoms with van der Waals surface area (Å²) >= 11 is 5.03. The maximum atomic E-state index is 11.7. The molecule has 88 valence electrons. The van der Waals surface area contributed by atoms with Crippen LogP contribution in [0.5, 0.6) is 0 Å². The van der Waals surface area contributed by atoms with E-state index in [4.69, 9.17) is 4.74 Å². The number of nitrogens with one attached hydrogen (secondary N) is 1. The highest BCUT2D eigenvalue weighted by atomic mass is 79.9. The number of hydrogen-bond donors (Lipinski definition) is 1. The SMILES string of the molecule is CC1CCC(C(=O)NCc2ccc(Br)s2)O1. The van der Waals surface area contributed by atoms with Crippen molar-refractivity contribution in [2.24, 2.45) is 0 Å². The van der Waals surface area contributed by atoms with Crippen molar-refractivity contribution < 1.29 is 9.53 Å². The molecule has 1 aromatic heterocycles. The van der Waals surface area contributed by atoms with Gasteiger partial charge in [-0.25, -0.2) is 0 Å². The molecule has 0 spiro atoms. The topological polar surface area (TPSA) is 38.3 Å². The predicted octanol–water partition coefficient (Wildman–Crippen LogP) is 2.69. The number of rotatable bonds is 3. The normalized spacial score (nSPS) is 24.6. The second-order valence-corrected chi connectivity index (χ2v) is 6.48. The minimum atomic E-state index is -0.251. The minimum absolute atomic E-state index is 0.00822. The van der Waals surface area contributed by atoms with E-state index in [0.29, 0.717) is 6.54 Å². The first-order chi connectivity index (χ1) is 7.65. The summed E-state index contributed by atoms with van der Waals surface area (Å²) in [5.41, 5.74) is 0. The second kappa shape index (κ2) is 5.29. The second-order valence-electron chi connectivity index (χ2n) is 3.94. The minimum Gasteiger partial charge on any atom is -0.365 e. The standard InChI is InChI=1S/C11H14BrNO2S/c1-7-2-4-9(15-7)11(14)13-6-8-3-5-10(12)16-8/h3,5,7,9H,2,4,6H2,1H3,(H,13,14). The fourth-order valence-electron chi connectivity index (χ4n) is 1.73. The van der Waals surface area contributed by atoms with E-state index in [2.05, 4.69) is 21.2 Å². The Hall–Kier alpha value is -0.390. The molecule has 0 saturated carbocycles. The van der Waals surface area contributed by atoms with Gasteiger partial charge in [-0.05, 0) is 47.8 Å². The molecule has 1 aliphatic heterocycles. The molecule has 0 aromatic carbocycles. The molecule has 2 heterocycles. The lowest BCUT2D eigenvalue weighted by molar-refractivity contribution is -0.131. The van der Waals surface area contributed by atoms with Crippen LogP contribution in [0.1, 0.15) is 24.6 Å². The van der Waals surface area contributed by atoms with E-state index in [0.717, 1.165) is 21.5 Å². The first kappa shape index (κ1) is 12.1. The quantitative estimate of drug-likeness (QED) is 0.932. The average molecular weight is 304 g/mol. The number of halogens is 1. The summed E-state index contributed by atoms with van der Waals surface area (Å²) in [6.45, 7) is 2.59. The molecule has 5 heteroatoms. The van der Waals surface area contributed by atoms with E-state index in [1.165, 1.54) is 0 Å². The lowest BCUT2D eigenvalue weighted by atomic mass is 10.2. The third-order valence-electron chi connectivity index (χ3n) is 2.59. The molecule has 2 rings (SSSR count). The van der Waals surface area contributed by atoms with E-state index in [9.17, 15) is 4.79 Å². The van der Waals surface area contributed by atoms with Gasteiger partial charge in [-0.15, -0.1) is 11.3 Å². The largest absolute Gasteiger partial charge is 0.365 e. The predicted molar refractivity (Wildman–Crippen MR) is 67.4 cm³/mol. The van der Waals surface area contributed by atoms with Crippen molar-refractivity contribution in [1.29, 1.82) is 0 Å². The molecule has 1 saturated heterocycles. The zero-order valence-electron chi connectivity index (χ0n) is 9.03. The zero-order valence-corrected chi connectivity index (χ0v) is 11.4. The summed E-state index contributed by atoms with van der Waals surface area (Å²) in [7, 11) is 0. The molecule has 1 aromatic rings. The highest BCUT2D eigenvalue weighted by Crippen LogP contribution is 2.22. The molecule has 16 heavy (non-hydrogen) atoms. The summed E-state index contributed by atoms with van der Waals surface area (Å²) < 4.78 is 6.58. The maximum absolute atomic E-state index is 11.7. The van der Waals surface area contributed by atoms with Crippen LogP contribution in [0.2, 0.25) is 0 Å². The van der Waals surface area contributed by atoms with Gasteiger partial charge in [0.25, 0.3) is 0 Å². The Balaban J connectivity index is 1.80. The van der Waals surface area contributed by atoms with Crippen molar-refractivity contribution in [2.75, 3.05) is 0 Å². The molecule has 0 aliphatic carbocycles. The van der Waals surface area contributed by atoms with Crippen LogP contribution >= 0.6 is 27.3 Å². The Labute approximate surface area is 107 Å². The number of carbonyl (C=O) groups is 1. The molecule has 0 radical (unpaired) electrons. The number of hydrogen-bond acceptors (Lipinski definition) is 3. The summed E-state index contributed by atoms with van der Waals surface area (Å²) in [5, 5.41) is 2.90. The van der Waals surface area contributed by atoms with Crippen LogP contribution in [-0.4, -0.2) is 18.1 Å². The van der Waals surface area contributed by atoms with E-state index in [1.54, 1.807) is 11.3 Å². The molecule has 1 amide bonds. The van der Waals surface area contributed by atoms with Crippen molar-refractivity contribution >= 4 is 33.2 Å². The van der Waals surface area contributed by atoms with Crippen LogP contribution in [0.4, 0.5) is 0 Å². The Morgan fingerprint density at radius 1 is 1.62 bits per heavy atom. The smallest absolute Gasteiger partial charge is 0.249 e. The third-order valence-corrected chi connectivity index (χ3v) is 4.21. The zero-order chi connectivity index (χ0) is 11.5. The number of ether oxygens (including phenoxy) is 1. The molecular weight excluding hydrogens is 290 g/mol. The molecule has 1 fully saturated rings.